The van der Waals surface area contributed by atoms with Crippen molar-refractivity contribution in [2.24, 2.45) is 0 Å². The molecule has 1 N–H and O–H groups in total. The smallest absolute Gasteiger partial charge is 0.264 e. The van der Waals surface area contributed by atoms with Gasteiger partial charge in [-0.15, -0.1) is 0 Å². The zero-order chi connectivity index (χ0) is 30.1. The van der Waals surface area contributed by atoms with Crippen LogP contribution in [0.4, 0.5) is 10.1 Å². The first kappa shape index (κ1) is 31.0. The fourth-order valence-corrected chi connectivity index (χ4v) is 6.76. The number of carbonyl (C=O) groups excluding carboxylic acids is 2. The second kappa shape index (κ2) is 14.3. The van der Waals surface area contributed by atoms with Crippen LogP contribution in [0.2, 0.25) is 0 Å². The molecule has 0 radical (unpaired) electrons. The van der Waals surface area contributed by atoms with Crippen molar-refractivity contribution in [3.8, 4) is 5.75 Å². The number of amides is 2. The first-order valence-corrected chi connectivity index (χ1v) is 15.7. The number of rotatable bonds is 12. The second-order valence-electron chi connectivity index (χ2n) is 10.4. The van der Waals surface area contributed by atoms with Crippen LogP contribution in [0.1, 0.15) is 51.0 Å². The molecule has 3 aromatic rings. The van der Waals surface area contributed by atoms with Crippen LogP contribution in [0.25, 0.3) is 0 Å². The van der Waals surface area contributed by atoms with Gasteiger partial charge in [-0.05, 0) is 61.2 Å². The van der Waals surface area contributed by atoms with Gasteiger partial charge in [0.25, 0.3) is 10.0 Å². The molecule has 8 nitrogen and oxygen atoms in total. The van der Waals surface area contributed by atoms with Crippen LogP contribution >= 0.6 is 0 Å². The minimum Gasteiger partial charge on any atom is -0.495 e. The fourth-order valence-electron chi connectivity index (χ4n) is 5.32. The molecule has 1 fully saturated rings. The molecule has 4 rings (SSSR count). The SMILES string of the molecule is CCC(C(=O)NC1CCCCC1)N(Cc1ccc(F)cc1)C(=O)CN(c1ccccc1OC)S(=O)(=O)c1ccccc1. The van der Waals surface area contributed by atoms with E-state index in [0.29, 0.717) is 12.0 Å². The number of hydrogen-bond acceptors (Lipinski definition) is 5. The van der Waals surface area contributed by atoms with Crippen LogP contribution in [-0.2, 0) is 26.2 Å². The Labute approximate surface area is 247 Å². The number of carbonyl (C=O) groups is 2. The van der Waals surface area contributed by atoms with E-state index in [1.165, 1.54) is 36.3 Å². The zero-order valence-electron chi connectivity index (χ0n) is 24.0. The van der Waals surface area contributed by atoms with Crippen molar-refractivity contribution < 1.29 is 27.1 Å². The number of nitrogens with one attached hydrogen (secondary N) is 1. The van der Waals surface area contributed by atoms with E-state index in [1.807, 2.05) is 6.92 Å². The van der Waals surface area contributed by atoms with Gasteiger partial charge in [0, 0.05) is 12.6 Å². The molecule has 0 saturated heterocycles. The molecule has 0 heterocycles. The van der Waals surface area contributed by atoms with Crippen LogP contribution in [0.15, 0.2) is 83.8 Å². The summed E-state index contributed by atoms with van der Waals surface area (Å²) < 4.78 is 48.1. The lowest BCUT2D eigenvalue weighted by molar-refractivity contribution is -0.140. The Kier molecular flexibility index (Phi) is 10.6. The lowest BCUT2D eigenvalue weighted by Gasteiger charge is -2.34. The molecule has 3 aromatic carbocycles. The number of sulfonamides is 1. The van der Waals surface area contributed by atoms with Crippen LogP contribution < -0.4 is 14.4 Å². The summed E-state index contributed by atoms with van der Waals surface area (Å²) >= 11 is 0. The molecule has 42 heavy (non-hydrogen) atoms. The van der Waals surface area contributed by atoms with Gasteiger partial charge in [0.2, 0.25) is 11.8 Å². The number of nitrogens with zero attached hydrogens (tertiary/aromatic N) is 2. The van der Waals surface area contributed by atoms with Crippen LogP contribution in [0.3, 0.4) is 0 Å². The third kappa shape index (κ3) is 7.47. The average molecular weight is 596 g/mol. The number of para-hydroxylation sites is 2. The Morgan fingerprint density at radius 3 is 2.24 bits per heavy atom. The van der Waals surface area contributed by atoms with E-state index >= 15 is 0 Å². The van der Waals surface area contributed by atoms with Gasteiger partial charge in [0.15, 0.2) is 0 Å². The van der Waals surface area contributed by atoms with Crippen molar-refractivity contribution in [1.82, 2.24) is 10.2 Å². The predicted molar refractivity (Wildman–Crippen MR) is 160 cm³/mol. The number of methoxy groups -OCH3 is 1. The van der Waals surface area contributed by atoms with Crippen molar-refractivity contribution in [3.05, 3.63) is 90.2 Å². The number of halogens is 1. The Morgan fingerprint density at radius 1 is 0.952 bits per heavy atom. The predicted octanol–water partition coefficient (Wildman–Crippen LogP) is 5.29. The normalized spacial score (nSPS) is 14.5. The fraction of sp³-hybridized carbons (Fsp3) is 0.375. The number of anilines is 1. The number of hydrogen-bond donors (Lipinski definition) is 1. The van der Waals surface area contributed by atoms with E-state index in [4.69, 9.17) is 4.74 Å². The summed E-state index contributed by atoms with van der Waals surface area (Å²) in [6.07, 6.45) is 5.27. The van der Waals surface area contributed by atoms with E-state index in [2.05, 4.69) is 5.32 Å². The number of benzene rings is 3. The van der Waals surface area contributed by atoms with Gasteiger partial charge in [-0.25, -0.2) is 12.8 Å². The number of ether oxygens (including phenoxy) is 1. The topological polar surface area (TPSA) is 96.0 Å². The standard InChI is InChI=1S/C32H38FN3O5S/c1-3-28(32(38)34-26-12-6-4-7-13-26)35(22-24-18-20-25(33)21-19-24)31(37)23-36(29-16-10-11-17-30(29)41-2)42(39,40)27-14-8-5-9-15-27/h5,8-11,14-21,26,28H,3-4,6-7,12-13,22-23H2,1-2H3,(H,34,38). The zero-order valence-corrected chi connectivity index (χ0v) is 24.9. The molecule has 0 aliphatic heterocycles. The van der Waals surface area contributed by atoms with Crippen LogP contribution in [0, 0.1) is 5.82 Å². The molecule has 0 spiro atoms. The van der Waals surface area contributed by atoms with Crippen LogP contribution in [0.5, 0.6) is 5.75 Å². The van der Waals surface area contributed by atoms with Crippen molar-refractivity contribution >= 4 is 27.5 Å². The monoisotopic (exact) mass is 595 g/mol. The molecule has 1 unspecified atom stereocenters. The highest BCUT2D eigenvalue weighted by Gasteiger charge is 2.35. The van der Waals surface area contributed by atoms with Crippen LogP contribution in [-0.4, -0.2) is 50.9 Å². The summed E-state index contributed by atoms with van der Waals surface area (Å²) in [5.41, 5.74) is 0.807. The summed E-state index contributed by atoms with van der Waals surface area (Å²) in [5, 5.41) is 3.11. The van der Waals surface area contributed by atoms with Crippen molar-refractivity contribution in [3.63, 3.8) is 0 Å². The van der Waals surface area contributed by atoms with E-state index in [-0.39, 0.29) is 34.8 Å². The van der Waals surface area contributed by atoms with Gasteiger partial charge in [-0.2, -0.15) is 0 Å². The molecule has 0 bridgehead atoms. The van der Waals surface area contributed by atoms with E-state index < -0.39 is 34.3 Å². The summed E-state index contributed by atoms with van der Waals surface area (Å²) in [5.74, 6) is -1.00. The third-order valence-corrected chi connectivity index (χ3v) is 9.34. The molecule has 1 saturated carbocycles. The summed E-state index contributed by atoms with van der Waals surface area (Å²) in [7, 11) is -2.79. The molecule has 10 heteroatoms. The Morgan fingerprint density at radius 2 is 1.60 bits per heavy atom. The van der Waals surface area contributed by atoms with Gasteiger partial charge < -0.3 is 15.0 Å². The molecule has 224 valence electrons. The Hall–Kier alpha value is -3.92. The quantitative estimate of drug-likeness (QED) is 0.307. The first-order chi connectivity index (χ1) is 20.2. The lowest BCUT2D eigenvalue weighted by atomic mass is 9.95. The maximum atomic E-state index is 14.2. The third-order valence-electron chi connectivity index (χ3n) is 7.57. The summed E-state index contributed by atoms with van der Waals surface area (Å²) in [6.45, 7) is 1.24. The van der Waals surface area contributed by atoms with E-state index in [1.54, 1.807) is 54.6 Å². The summed E-state index contributed by atoms with van der Waals surface area (Å²) in [6, 6.07) is 19.3. The average Bonchev–Trinajstić information content (AvgIpc) is 3.01. The Bertz CT molecular complexity index is 1440. The van der Waals surface area contributed by atoms with Crippen molar-refractivity contribution in [2.45, 2.75) is 69.0 Å². The maximum Gasteiger partial charge on any atom is 0.264 e. The Balaban J connectivity index is 1.72. The molecule has 1 atom stereocenters. The van der Waals surface area contributed by atoms with E-state index in [0.717, 1.165) is 36.4 Å². The molecule has 0 aromatic heterocycles. The maximum absolute atomic E-state index is 14.2. The lowest BCUT2D eigenvalue weighted by Crippen LogP contribution is -2.54. The molecular formula is C32H38FN3O5S. The van der Waals surface area contributed by atoms with Gasteiger partial charge in [-0.1, -0.05) is 68.7 Å². The van der Waals surface area contributed by atoms with Crippen molar-refractivity contribution in [1.29, 1.82) is 0 Å². The van der Waals surface area contributed by atoms with Gasteiger partial charge in [0.05, 0.1) is 17.7 Å². The molecule has 2 amide bonds. The summed E-state index contributed by atoms with van der Waals surface area (Å²) in [4.78, 5) is 29.2. The second-order valence-corrected chi connectivity index (χ2v) is 12.3. The minimum atomic E-state index is -4.21. The minimum absolute atomic E-state index is 0.000849. The van der Waals surface area contributed by atoms with E-state index in [9.17, 15) is 22.4 Å². The van der Waals surface area contributed by atoms with Gasteiger partial charge in [0.1, 0.15) is 24.2 Å². The highest BCUT2D eigenvalue weighted by atomic mass is 32.2. The molecular weight excluding hydrogens is 557 g/mol. The molecule has 1 aliphatic carbocycles. The van der Waals surface area contributed by atoms with Gasteiger partial charge in [-0.3, -0.25) is 13.9 Å². The highest BCUT2D eigenvalue weighted by Crippen LogP contribution is 2.32. The van der Waals surface area contributed by atoms with Crippen molar-refractivity contribution in [2.75, 3.05) is 18.0 Å². The van der Waals surface area contributed by atoms with Gasteiger partial charge >= 0.3 is 0 Å². The largest absolute Gasteiger partial charge is 0.495 e. The highest BCUT2D eigenvalue weighted by molar-refractivity contribution is 7.92. The first-order valence-electron chi connectivity index (χ1n) is 14.3. The molecule has 1 aliphatic rings.